The van der Waals surface area contributed by atoms with Crippen LogP contribution in [0, 0.1) is 0 Å². The maximum absolute atomic E-state index is 6.09. The van der Waals surface area contributed by atoms with Gasteiger partial charge in [0.1, 0.15) is 24.0 Å². The second-order valence-electron chi connectivity index (χ2n) is 7.01. The molecule has 0 unspecified atom stereocenters. The lowest BCUT2D eigenvalue weighted by Crippen LogP contribution is -2.47. The highest BCUT2D eigenvalue weighted by Crippen LogP contribution is 2.18. The minimum absolute atomic E-state index is 0. The summed E-state index contributed by atoms with van der Waals surface area (Å²) in [6.45, 7) is 2.54. The van der Waals surface area contributed by atoms with Gasteiger partial charge in [0.25, 0.3) is 0 Å². The Labute approximate surface area is 194 Å². The van der Waals surface area contributed by atoms with Gasteiger partial charge < -0.3 is 15.0 Å². The maximum Gasteiger partial charge on any atom is 0.193 e. The Bertz CT molecular complexity index is 907. The summed E-state index contributed by atoms with van der Waals surface area (Å²) in [5, 5.41) is 3.45. The van der Waals surface area contributed by atoms with Gasteiger partial charge in [-0.05, 0) is 23.8 Å². The molecule has 0 spiro atoms. The van der Waals surface area contributed by atoms with Gasteiger partial charge in [-0.25, -0.2) is 9.97 Å². The van der Waals surface area contributed by atoms with Crippen LogP contribution in [0.2, 0.25) is 0 Å². The van der Waals surface area contributed by atoms with Crippen LogP contribution in [0.1, 0.15) is 18.4 Å². The summed E-state index contributed by atoms with van der Waals surface area (Å²) in [7, 11) is 1.83. The lowest BCUT2D eigenvalue weighted by molar-refractivity contribution is 0.129. The normalized spacial score (nSPS) is 14.8. The molecule has 3 aromatic rings. The third-order valence-electron chi connectivity index (χ3n) is 5.03. The zero-order chi connectivity index (χ0) is 19.9. The number of hydrogen-bond donors (Lipinski definition) is 1. The summed E-state index contributed by atoms with van der Waals surface area (Å²) >= 11 is 0. The molecule has 0 aliphatic carbocycles. The zero-order valence-corrected chi connectivity index (χ0v) is 19.3. The van der Waals surface area contributed by atoms with Gasteiger partial charge in [-0.2, -0.15) is 0 Å². The number of likely N-dealkylation sites (tertiary alicyclic amines) is 1. The minimum atomic E-state index is 0. The van der Waals surface area contributed by atoms with E-state index in [2.05, 4.69) is 31.2 Å². The minimum Gasteiger partial charge on any atom is -0.490 e. The van der Waals surface area contributed by atoms with Gasteiger partial charge in [-0.3, -0.25) is 9.56 Å². The molecule has 30 heavy (non-hydrogen) atoms. The van der Waals surface area contributed by atoms with E-state index < -0.39 is 0 Å². The van der Waals surface area contributed by atoms with E-state index in [4.69, 9.17) is 4.74 Å². The Hall–Kier alpha value is -2.62. The number of para-hydroxylation sites is 1. The highest BCUT2D eigenvalue weighted by molar-refractivity contribution is 14.0. The fourth-order valence-electron chi connectivity index (χ4n) is 3.46. The van der Waals surface area contributed by atoms with Crippen molar-refractivity contribution >= 4 is 29.9 Å². The van der Waals surface area contributed by atoms with E-state index in [9.17, 15) is 0 Å². The number of aromatic nitrogens is 3. The molecule has 0 atom stereocenters. The second kappa shape index (κ2) is 11.0. The van der Waals surface area contributed by atoms with Gasteiger partial charge in [0, 0.05) is 58.1 Å². The predicted octanol–water partition coefficient (Wildman–Crippen LogP) is 3.50. The molecule has 1 aromatic carbocycles. The average molecular weight is 518 g/mol. The molecule has 158 valence electrons. The predicted molar refractivity (Wildman–Crippen MR) is 129 cm³/mol. The first kappa shape index (κ1) is 22.1. The largest absolute Gasteiger partial charge is 0.490 e. The monoisotopic (exact) mass is 518 g/mol. The van der Waals surface area contributed by atoms with E-state index in [1.807, 2.05) is 60.4 Å². The number of nitrogens with zero attached hydrogens (tertiary/aromatic N) is 5. The molecule has 1 fully saturated rings. The van der Waals surface area contributed by atoms with Crippen molar-refractivity contribution < 1.29 is 4.74 Å². The van der Waals surface area contributed by atoms with Gasteiger partial charge in [-0.15, -0.1) is 24.0 Å². The van der Waals surface area contributed by atoms with Crippen LogP contribution in [0.3, 0.4) is 0 Å². The number of imidazole rings is 1. The van der Waals surface area contributed by atoms with Crippen molar-refractivity contribution in [3.63, 3.8) is 0 Å². The van der Waals surface area contributed by atoms with Gasteiger partial charge >= 0.3 is 0 Å². The van der Waals surface area contributed by atoms with Crippen LogP contribution < -0.4 is 10.1 Å². The summed E-state index contributed by atoms with van der Waals surface area (Å²) in [5.74, 6) is 2.72. The third kappa shape index (κ3) is 5.71. The molecule has 1 aliphatic heterocycles. The SMILES string of the molecule is CN=C(NCc1ccc(-n2ccnc2)nc1)N1CCC(Oc2ccccc2)CC1.I. The molecule has 0 amide bonds. The summed E-state index contributed by atoms with van der Waals surface area (Å²) in [6, 6.07) is 14.1. The van der Waals surface area contributed by atoms with Crippen LogP contribution in [0.25, 0.3) is 5.82 Å². The summed E-state index contributed by atoms with van der Waals surface area (Å²) in [4.78, 5) is 15.3. The molecular formula is C22H27IN6O. The maximum atomic E-state index is 6.09. The molecule has 4 rings (SSSR count). The number of aliphatic imine (C=N–C) groups is 1. The number of halogens is 1. The van der Waals surface area contributed by atoms with Crippen LogP contribution in [-0.2, 0) is 6.54 Å². The van der Waals surface area contributed by atoms with Crippen molar-refractivity contribution in [2.24, 2.45) is 4.99 Å². The molecular weight excluding hydrogens is 491 g/mol. The van der Waals surface area contributed by atoms with Crippen molar-refractivity contribution in [3.05, 3.63) is 72.9 Å². The number of piperidine rings is 1. The summed E-state index contributed by atoms with van der Waals surface area (Å²) in [6.07, 6.45) is 9.48. The van der Waals surface area contributed by atoms with E-state index in [0.29, 0.717) is 6.54 Å². The van der Waals surface area contributed by atoms with Crippen LogP contribution in [-0.4, -0.2) is 51.6 Å². The molecule has 1 N–H and O–H groups in total. The molecule has 1 saturated heterocycles. The molecule has 8 heteroatoms. The van der Waals surface area contributed by atoms with Crippen molar-refractivity contribution in [2.45, 2.75) is 25.5 Å². The van der Waals surface area contributed by atoms with E-state index in [1.165, 1.54) is 0 Å². The fraction of sp³-hybridized carbons (Fsp3) is 0.318. The average Bonchev–Trinajstić information content (AvgIpc) is 3.31. The fourth-order valence-corrected chi connectivity index (χ4v) is 3.46. The Morgan fingerprint density at radius 1 is 1.17 bits per heavy atom. The number of nitrogens with one attached hydrogen (secondary N) is 1. The van der Waals surface area contributed by atoms with Gasteiger partial charge in [0.05, 0.1) is 0 Å². The van der Waals surface area contributed by atoms with E-state index in [-0.39, 0.29) is 30.1 Å². The van der Waals surface area contributed by atoms with Crippen LogP contribution >= 0.6 is 24.0 Å². The first-order chi connectivity index (χ1) is 14.3. The first-order valence-corrected chi connectivity index (χ1v) is 9.92. The second-order valence-corrected chi connectivity index (χ2v) is 7.01. The molecule has 0 saturated carbocycles. The lowest BCUT2D eigenvalue weighted by atomic mass is 10.1. The van der Waals surface area contributed by atoms with Crippen molar-refractivity contribution in [2.75, 3.05) is 20.1 Å². The number of guanidine groups is 1. The zero-order valence-electron chi connectivity index (χ0n) is 17.0. The Balaban J connectivity index is 0.00000256. The topological polar surface area (TPSA) is 67.6 Å². The van der Waals surface area contributed by atoms with Crippen molar-refractivity contribution in [1.29, 1.82) is 0 Å². The molecule has 3 heterocycles. The van der Waals surface area contributed by atoms with Crippen LogP contribution in [0.4, 0.5) is 0 Å². The third-order valence-corrected chi connectivity index (χ3v) is 5.03. The molecule has 0 bridgehead atoms. The number of hydrogen-bond acceptors (Lipinski definition) is 4. The smallest absolute Gasteiger partial charge is 0.193 e. The van der Waals surface area contributed by atoms with Crippen LogP contribution in [0.5, 0.6) is 5.75 Å². The van der Waals surface area contributed by atoms with Crippen molar-refractivity contribution in [3.8, 4) is 11.6 Å². The highest BCUT2D eigenvalue weighted by Gasteiger charge is 2.22. The summed E-state index contributed by atoms with van der Waals surface area (Å²) < 4.78 is 7.97. The van der Waals surface area contributed by atoms with E-state index >= 15 is 0 Å². The van der Waals surface area contributed by atoms with E-state index in [1.54, 1.807) is 12.5 Å². The van der Waals surface area contributed by atoms with Crippen LogP contribution in [0.15, 0.2) is 72.4 Å². The van der Waals surface area contributed by atoms with Gasteiger partial charge in [0.2, 0.25) is 0 Å². The number of pyridine rings is 1. The van der Waals surface area contributed by atoms with Crippen molar-refractivity contribution in [1.82, 2.24) is 24.8 Å². The van der Waals surface area contributed by atoms with Gasteiger partial charge in [-0.1, -0.05) is 24.3 Å². The van der Waals surface area contributed by atoms with E-state index in [0.717, 1.165) is 49.0 Å². The van der Waals surface area contributed by atoms with Gasteiger partial charge in [0.15, 0.2) is 5.96 Å². The molecule has 0 radical (unpaired) electrons. The first-order valence-electron chi connectivity index (χ1n) is 9.92. The molecule has 2 aromatic heterocycles. The quantitative estimate of drug-likeness (QED) is 0.318. The number of rotatable bonds is 5. The number of benzene rings is 1. The Morgan fingerprint density at radius 3 is 2.60 bits per heavy atom. The molecule has 1 aliphatic rings. The molecule has 7 nitrogen and oxygen atoms in total. The Morgan fingerprint density at radius 2 is 1.97 bits per heavy atom. The Kier molecular flexibility index (Phi) is 8.06. The highest BCUT2D eigenvalue weighted by atomic mass is 127. The number of ether oxygens (including phenoxy) is 1. The standard InChI is InChI=1S/C22H26N6O.HI/c1-23-22(26-16-18-7-8-21(25-15-18)28-14-11-24-17-28)27-12-9-20(10-13-27)29-19-5-3-2-4-6-19;/h2-8,11,14-15,17,20H,9-10,12-13,16H2,1H3,(H,23,26);1H. The summed E-state index contributed by atoms with van der Waals surface area (Å²) in [5.41, 5.74) is 1.11. The lowest BCUT2D eigenvalue weighted by Gasteiger charge is -2.34.